The largest absolute Gasteiger partial charge is 0.497 e. The molecule has 2 bridgehead atoms. The van der Waals surface area contributed by atoms with Crippen molar-refractivity contribution in [2.45, 2.75) is 131 Å². The lowest BCUT2D eigenvalue weighted by molar-refractivity contribution is -0.263. The molecule has 1 amide bonds. The molecule has 11 nitrogen and oxygen atoms in total. The van der Waals surface area contributed by atoms with Gasteiger partial charge in [0.25, 0.3) is 5.91 Å². The smallest absolute Gasteiger partial charge is 0.323 e. The molecule has 4 aliphatic carbocycles. The van der Waals surface area contributed by atoms with E-state index in [-0.39, 0.29) is 34.5 Å². The maximum absolute atomic E-state index is 13.7. The van der Waals surface area contributed by atoms with Gasteiger partial charge in [0.2, 0.25) is 0 Å². The van der Waals surface area contributed by atoms with Crippen LogP contribution < -0.4 is 15.8 Å². The van der Waals surface area contributed by atoms with E-state index in [1.807, 2.05) is 0 Å². The van der Waals surface area contributed by atoms with E-state index in [2.05, 4.69) is 59.9 Å². The van der Waals surface area contributed by atoms with Crippen molar-refractivity contribution in [1.29, 1.82) is 0 Å². The maximum Gasteiger partial charge on any atom is 0.323 e. The summed E-state index contributed by atoms with van der Waals surface area (Å²) in [4.78, 5) is 52.5. The van der Waals surface area contributed by atoms with Crippen LogP contribution in [-0.4, -0.2) is 74.0 Å². The number of fused-ring (bicyclic) bond motifs is 3. The van der Waals surface area contributed by atoms with Crippen molar-refractivity contribution >= 4 is 23.8 Å². The maximum atomic E-state index is 13.7. The summed E-state index contributed by atoms with van der Waals surface area (Å²) < 4.78 is 24.2. The molecule has 12 atom stereocenters. The zero-order chi connectivity index (χ0) is 41.7. The third kappa shape index (κ3) is 7.20. The Morgan fingerprint density at radius 3 is 2.40 bits per heavy atom. The molecule has 1 aromatic carbocycles. The topological polar surface area (TPSA) is 163 Å². The van der Waals surface area contributed by atoms with Crippen LogP contribution >= 0.6 is 0 Å². The van der Waals surface area contributed by atoms with Crippen molar-refractivity contribution in [3.63, 3.8) is 0 Å². The van der Waals surface area contributed by atoms with Gasteiger partial charge >= 0.3 is 17.9 Å². The Balaban J connectivity index is 1.19. The fourth-order valence-corrected chi connectivity index (χ4v) is 13.0. The SMILES string of the molecule is COc1cccc(C(=O)NCCCCC(N)C(=O)O[C@H]2[C@H](OC(C)=O)C[C@@]34COC[C@]2(C)[C@@H]3CC[C@H]2C4=CC[C@@]3(C)[C@H](C(=O)O)[C@@](C)([C@H](C)C(C)C)CC[C@]23C)c1. The number of esters is 2. The molecule has 0 spiro atoms. The van der Waals surface area contributed by atoms with E-state index in [9.17, 15) is 24.3 Å². The van der Waals surface area contributed by atoms with Gasteiger partial charge in [-0.3, -0.25) is 19.2 Å². The molecule has 3 saturated carbocycles. The molecule has 5 aliphatic rings. The molecule has 0 radical (unpaired) electrons. The number of amides is 1. The van der Waals surface area contributed by atoms with Gasteiger partial charge in [0.05, 0.1) is 26.2 Å². The summed E-state index contributed by atoms with van der Waals surface area (Å²) in [5, 5.41) is 13.9. The highest BCUT2D eigenvalue weighted by Gasteiger charge is 2.72. The van der Waals surface area contributed by atoms with Crippen molar-refractivity contribution in [3.8, 4) is 5.75 Å². The number of carbonyl (C=O) groups is 4. The molecule has 57 heavy (non-hydrogen) atoms. The van der Waals surface area contributed by atoms with Gasteiger partial charge in [-0.25, -0.2) is 0 Å². The van der Waals surface area contributed by atoms with Gasteiger partial charge in [0.15, 0.2) is 0 Å². The van der Waals surface area contributed by atoms with Crippen LogP contribution in [-0.2, 0) is 28.6 Å². The molecule has 11 heteroatoms. The molecule has 6 rings (SSSR count). The number of carboxylic acid groups (broad SMARTS) is 1. The highest BCUT2D eigenvalue weighted by atomic mass is 16.6. The number of aliphatic carboxylic acids is 1. The third-order valence-electron chi connectivity index (χ3n) is 16.5. The fourth-order valence-electron chi connectivity index (χ4n) is 13.0. The number of allylic oxidation sites excluding steroid dienone is 1. The number of unbranched alkanes of at least 4 members (excludes halogenated alkanes) is 1. The molecule has 1 saturated heterocycles. The fraction of sp³-hybridized carbons (Fsp3) is 0.739. The highest BCUT2D eigenvalue weighted by Crippen LogP contribution is 2.75. The van der Waals surface area contributed by atoms with Crippen LogP contribution in [0, 0.1) is 56.7 Å². The van der Waals surface area contributed by atoms with Gasteiger partial charge in [-0.05, 0) is 116 Å². The lowest BCUT2D eigenvalue weighted by atomic mass is 9.34. The Hall–Kier alpha value is -3.44. The van der Waals surface area contributed by atoms with E-state index in [0.29, 0.717) is 69.1 Å². The van der Waals surface area contributed by atoms with Crippen LogP contribution in [0.3, 0.4) is 0 Å². The van der Waals surface area contributed by atoms with E-state index in [1.54, 1.807) is 31.4 Å². The predicted octanol–water partition coefficient (Wildman–Crippen LogP) is 7.35. The predicted molar refractivity (Wildman–Crippen MR) is 216 cm³/mol. The lowest BCUT2D eigenvalue weighted by Crippen LogP contribution is -2.70. The number of hydrogen-bond donors (Lipinski definition) is 3. The van der Waals surface area contributed by atoms with Crippen molar-refractivity contribution in [2.24, 2.45) is 62.4 Å². The first-order valence-electron chi connectivity index (χ1n) is 21.4. The number of rotatable bonds is 13. The minimum absolute atomic E-state index is 0.105. The molecule has 4 N–H and O–H groups in total. The number of carboxylic acids is 1. The quantitative estimate of drug-likeness (QED) is 0.105. The molecule has 1 aromatic rings. The van der Waals surface area contributed by atoms with E-state index < -0.39 is 58.3 Å². The standard InChI is InChI=1S/C46H68N2O9/c1-27(2)28(3)42(5)20-21-44(7)32-16-17-36-43(6)25-55-26-46(36,33(32)18-19-45(44,8)37(42)40(51)52)24-35(56-29(4)49)38(43)57-41(53)34(47)15-10-11-22-48-39(50)30-13-12-14-31(23-30)54-9/h12-14,18,23,27-28,32,34-38H,10-11,15-17,19-22,24-26,47H2,1-9H3,(H,48,50)(H,51,52)/t28-,32+,34?,35-,36+,37-,38+,42-,43-,44-,45+,46+/m1/s1. The summed E-state index contributed by atoms with van der Waals surface area (Å²) >= 11 is 0. The summed E-state index contributed by atoms with van der Waals surface area (Å²) in [5.74, 6) is -0.864. The lowest BCUT2D eigenvalue weighted by Gasteiger charge is -2.71. The second-order valence-corrected chi connectivity index (χ2v) is 19.6. The number of benzene rings is 1. The van der Waals surface area contributed by atoms with Gasteiger partial charge in [0, 0.05) is 29.9 Å². The zero-order valence-electron chi connectivity index (χ0n) is 35.8. The first kappa shape index (κ1) is 43.1. The Morgan fingerprint density at radius 1 is 1.00 bits per heavy atom. The summed E-state index contributed by atoms with van der Waals surface area (Å²) in [7, 11) is 1.56. The van der Waals surface area contributed by atoms with Crippen LogP contribution in [0.15, 0.2) is 35.9 Å². The van der Waals surface area contributed by atoms with Crippen LogP contribution in [0.4, 0.5) is 0 Å². The van der Waals surface area contributed by atoms with Crippen molar-refractivity contribution in [2.75, 3.05) is 26.9 Å². The normalized spacial score (nSPS) is 37.9. The molecular formula is C46H68N2O9. The monoisotopic (exact) mass is 792 g/mol. The number of hydrogen-bond acceptors (Lipinski definition) is 9. The van der Waals surface area contributed by atoms with Gasteiger partial charge in [-0.1, -0.05) is 66.2 Å². The molecule has 4 fully saturated rings. The van der Waals surface area contributed by atoms with E-state index >= 15 is 0 Å². The summed E-state index contributed by atoms with van der Waals surface area (Å²) in [6.45, 7) is 18.3. The average Bonchev–Trinajstić information content (AvgIpc) is 3.15. The number of nitrogens with two attached hydrogens (primary N) is 1. The molecule has 1 aliphatic heterocycles. The van der Waals surface area contributed by atoms with Crippen molar-refractivity contribution in [3.05, 3.63) is 41.5 Å². The summed E-state index contributed by atoms with van der Waals surface area (Å²) in [5.41, 5.74) is 6.15. The van der Waals surface area contributed by atoms with Crippen LogP contribution in [0.25, 0.3) is 0 Å². The number of carbonyl (C=O) groups excluding carboxylic acids is 3. The molecule has 1 unspecified atom stereocenters. The Morgan fingerprint density at radius 2 is 1.74 bits per heavy atom. The van der Waals surface area contributed by atoms with Crippen molar-refractivity contribution < 1.29 is 43.2 Å². The van der Waals surface area contributed by atoms with Gasteiger partial charge in [-0.15, -0.1) is 0 Å². The molecule has 1 heterocycles. The number of ether oxygens (including phenoxy) is 4. The van der Waals surface area contributed by atoms with Crippen LogP contribution in [0.5, 0.6) is 5.75 Å². The number of nitrogens with one attached hydrogen (secondary N) is 1. The third-order valence-corrected chi connectivity index (χ3v) is 16.5. The molecule has 316 valence electrons. The summed E-state index contributed by atoms with van der Waals surface area (Å²) in [6.07, 6.45) is 7.25. The van der Waals surface area contributed by atoms with Gasteiger partial charge in [0.1, 0.15) is 24.0 Å². The van der Waals surface area contributed by atoms with E-state index in [4.69, 9.17) is 24.7 Å². The van der Waals surface area contributed by atoms with Crippen LogP contribution in [0.2, 0.25) is 0 Å². The highest BCUT2D eigenvalue weighted by molar-refractivity contribution is 5.94. The minimum atomic E-state index is -0.885. The first-order chi connectivity index (χ1) is 26.8. The first-order valence-corrected chi connectivity index (χ1v) is 21.4. The zero-order valence-corrected chi connectivity index (χ0v) is 35.8. The second-order valence-electron chi connectivity index (χ2n) is 19.6. The van der Waals surface area contributed by atoms with Gasteiger partial charge in [-0.2, -0.15) is 0 Å². The Labute approximate surface area is 339 Å². The molecule has 0 aromatic heterocycles. The second kappa shape index (κ2) is 16.0. The average molecular weight is 793 g/mol. The van der Waals surface area contributed by atoms with E-state index in [1.165, 1.54) is 12.5 Å². The Bertz CT molecular complexity index is 1740. The van der Waals surface area contributed by atoms with Gasteiger partial charge < -0.3 is 35.1 Å². The van der Waals surface area contributed by atoms with Crippen LogP contribution in [0.1, 0.15) is 124 Å². The number of methoxy groups -OCH3 is 1. The molecular weight excluding hydrogens is 725 g/mol. The van der Waals surface area contributed by atoms with E-state index in [0.717, 1.165) is 25.7 Å². The Kier molecular flexibility index (Phi) is 12.1. The summed E-state index contributed by atoms with van der Waals surface area (Å²) in [6, 6.07) is 6.07. The minimum Gasteiger partial charge on any atom is -0.497 e. The van der Waals surface area contributed by atoms with Crippen molar-refractivity contribution in [1.82, 2.24) is 5.32 Å².